The number of fused-ring (bicyclic) bond motifs is 1. The van der Waals surface area contributed by atoms with Gasteiger partial charge in [-0.3, -0.25) is 4.79 Å². The monoisotopic (exact) mass is 351 g/mol. The molecule has 134 valence electrons. The Morgan fingerprint density at radius 1 is 1.12 bits per heavy atom. The van der Waals surface area contributed by atoms with E-state index in [1.807, 2.05) is 24.3 Å². The van der Waals surface area contributed by atoms with Crippen LogP contribution in [-0.2, 0) is 4.79 Å². The second-order valence-corrected chi connectivity index (χ2v) is 6.22. The molecule has 0 aliphatic carbocycles. The van der Waals surface area contributed by atoms with Crippen molar-refractivity contribution in [2.75, 3.05) is 11.9 Å². The van der Waals surface area contributed by atoms with Crippen LogP contribution in [0, 0.1) is 0 Å². The van der Waals surface area contributed by atoms with Gasteiger partial charge in [0.15, 0.2) is 6.61 Å². The van der Waals surface area contributed by atoms with Gasteiger partial charge in [-0.05, 0) is 48.2 Å². The highest BCUT2D eigenvalue weighted by Crippen LogP contribution is 2.21. The SMILES string of the molecule is CC[C@H](C)c1ccc(NC(=O)COc2ccc3ccc(=O)oc3c2)cc1. The van der Waals surface area contributed by atoms with Gasteiger partial charge in [0.25, 0.3) is 5.91 Å². The van der Waals surface area contributed by atoms with Crippen molar-refractivity contribution < 1.29 is 13.9 Å². The summed E-state index contributed by atoms with van der Waals surface area (Å²) in [5, 5.41) is 3.60. The number of hydrogen-bond donors (Lipinski definition) is 1. The molecule has 1 aromatic heterocycles. The molecule has 2 aromatic carbocycles. The second-order valence-electron chi connectivity index (χ2n) is 6.22. The average molecular weight is 351 g/mol. The Hall–Kier alpha value is -3.08. The molecule has 1 atom stereocenters. The van der Waals surface area contributed by atoms with E-state index in [9.17, 15) is 9.59 Å². The Balaban J connectivity index is 1.59. The van der Waals surface area contributed by atoms with Gasteiger partial charge in [-0.15, -0.1) is 0 Å². The first-order valence-corrected chi connectivity index (χ1v) is 8.61. The van der Waals surface area contributed by atoms with E-state index in [2.05, 4.69) is 19.2 Å². The standard InChI is InChI=1S/C21H21NO4/c1-3-14(2)15-4-8-17(9-5-15)22-20(23)13-25-18-10-6-16-7-11-21(24)26-19(16)12-18/h4-12,14H,3,13H2,1-2H3,(H,22,23)/t14-/m0/s1. The largest absolute Gasteiger partial charge is 0.484 e. The molecule has 0 fully saturated rings. The highest BCUT2D eigenvalue weighted by Gasteiger charge is 2.07. The van der Waals surface area contributed by atoms with Gasteiger partial charge in [0.2, 0.25) is 0 Å². The summed E-state index contributed by atoms with van der Waals surface area (Å²) in [6.07, 6.45) is 1.07. The van der Waals surface area contributed by atoms with Gasteiger partial charge >= 0.3 is 5.63 Å². The summed E-state index contributed by atoms with van der Waals surface area (Å²) in [6, 6.07) is 16.0. The van der Waals surface area contributed by atoms with E-state index in [0.717, 1.165) is 17.5 Å². The predicted molar refractivity (Wildman–Crippen MR) is 102 cm³/mol. The minimum Gasteiger partial charge on any atom is -0.484 e. The van der Waals surface area contributed by atoms with E-state index in [1.54, 1.807) is 24.3 Å². The zero-order valence-electron chi connectivity index (χ0n) is 14.8. The van der Waals surface area contributed by atoms with Crippen molar-refractivity contribution in [2.45, 2.75) is 26.2 Å². The molecule has 5 nitrogen and oxygen atoms in total. The summed E-state index contributed by atoms with van der Waals surface area (Å²) in [4.78, 5) is 23.3. The highest BCUT2D eigenvalue weighted by molar-refractivity contribution is 5.92. The van der Waals surface area contributed by atoms with E-state index < -0.39 is 5.63 Å². The quantitative estimate of drug-likeness (QED) is 0.671. The van der Waals surface area contributed by atoms with Crippen LogP contribution in [0.5, 0.6) is 5.75 Å². The summed E-state index contributed by atoms with van der Waals surface area (Å²) in [5.41, 5.74) is 1.99. The maximum atomic E-state index is 12.1. The number of benzene rings is 2. The number of amides is 1. The van der Waals surface area contributed by atoms with Gasteiger partial charge in [0, 0.05) is 23.2 Å². The summed E-state index contributed by atoms with van der Waals surface area (Å²) < 4.78 is 10.6. The molecule has 3 rings (SSSR count). The molecule has 0 radical (unpaired) electrons. The third-order valence-electron chi connectivity index (χ3n) is 4.34. The molecule has 5 heteroatoms. The lowest BCUT2D eigenvalue weighted by Crippen LogP contribution is -2.20. The molecule has 1 amide bonds. The predicted octanol–water partition coefficient (Wildman–Crippen LogP) is 4.32. The molecule has 0 spiro atoms. The maximum Gasteiger partial charge on any atom is 0.336 e. The van der Waals surface area contributed by atoms with Crippen LogP contribution in [0.4, 0.5) is 5.69 Å². The molecule has 1 N–H and O–H groups in total. The van der Waals surface area contributed by atoms with Crippen LogP contribution in [0.2, 0.25) is 0 Å². The summed E-state index contributed by atoms with van der Waals surface area (Å²) in [6.45, 7) is 4.19. The zero-order valence-corrected chi connectivity index (χ0v) is 14.8. The lowest BCUT2D eigenvalue weighted by Gasteiger charge is -2.11. The molecule has 0 bridgehead atoms. The average Bonchev–Trinajstić information content (AvgIpc) is 2.66. The Bertz CT molecular complexity index is 960. The molecule has 0 saturated heterocycles. The molecular weight excluding hydrogens is 330 g/mol. The van der Waals surface area contributed by atoms with E-state index in [-0.39, 0.29) is 12.5 Å². The first-order valence-electron chi connectivity index (χ1n) is 8.61. The van der Waals surface area contributed by atoms with Crippen LogP contribution in [0.15, 0.2) is 63.8 Å². The number of ether oxygens (including phenoxy) is 1. The minimum atomic E-state index is -0.423. The number of carbonyl (C=O) groups is 1. The van der Waals surface area contributed by atoms with Gasteiger partial charge in [0.1, 0.15) is 11.3 Å². The molecule has 0 unspecified atom stereocenters. The number of nitrogens with one attached hydrogen (secondary N) is 1. The lowest BCUT2D eigenvalue weighted by atomic mass is 9.99. The minimum absolute atomic E-state index is 0.129. The van der Waals surface area contributed by atoms with Crippen molar-refractivity contribution in [3.63, 3.8) is 0 Å². The Kier molecular flexibility index (Phi) is 5.37. The molecule has 0 aliphatic rings. The fourth-order valence-electron chi connectivity index (χ4n) is 2.61. The molecule has 0 saturated carbocycles. The smallest absolute Gasteiger partial charge is 0.336 e. The van der Waals surface area contributed by atoms with Crippen molar-refractivity contribution in [3.05, 3.63) is 70.6 Å². The van der Waals surface area contributed by atoms with Gasteiger partial charge in [-0.1, -0.05) is 26.0 Å². The number of rotatable bonds is 6. The van der Waals surface area contributed by atoms with E-state index >= 15 is 0 Å². The molecule has 0 aliphatic heterocycles. The highest BCUT2D eigenvalue weighted by atomic mass is 16.5. The van der Waals surface area contributed by atoms with Crippen LogP contribution in [0.3, 0.4) is 0 Å². The molecule has 3 aromatic rings. The number of carbonyl (C=O) groups excluding carboxylic acids is 1. The summed E-state index contributed by atoms with van der Waals surface area (Å²) in [7, 11) is 0. The second kappa shape index (κ2) is 7.87. The van der Waals surface area contributed by atoms with Crippen molar-refractivity contribution in [1.29, 1.82) is 0 Å². The van der Waals surface area contributed by atoms with Crippen LogP contribution in [-0.4, -0.2) is 12.5 Å². The lowest BCUT2D eigenvalue weighted by molar-refractivity contribution is -0.118. The van der Waals surface area contributed by atoms with Crippen LogP contribution >= 0.6 is 0 Å². The van der Waals surface area contributed by atoms with E-state index in [4.69, 9.17) is 9.15 Å². The van der Waals surface area contributed by atoms with Crippen molar-refractivity contribution in [3.8, 4) is 5.75 Å². The third kappa shape index (κ3) is 4.30. The third-order valence-corrected chi connectivity index (χ3v) is 4.34. The Morgan fingerprint density at radius 3 is 2.58 bits per heavy atom. The van der Waals surface area contributed by atoms with Crippen molar-refractivity contribution >= 4 is 22.6 Å². The van der Waals surface area contributed by atoms with Crippen LogP contribution < -0.4 is 15.7 Å². The molecular formula is C21H21NO4. The maximum absolute atomic E-state index is 12.1. The summed E-state index contributed by atoms with van der Waals surface area (Å²) in [5.74, 6) is 0.709. The summed E-state index contributed by atoms with van der Waals surface area (Å²) >= 11 is 0. The number of hydrogen-bond acceptors (Lipinski definition) is 4. The first-order chi connectivity index (χ1) is 12.5. The van der Waals surface area contributed by atoms with Gasteiger partial charge in [0.05, 0.1) is 0 Å². The van der Waals surface area contributed by atoms with Crippen molar-refractivity contribution in [2.24, 2.45) is 0 Å². The molecule has 1 heterocycles. The topological polar surface area (TPSA) is 68.5 Å². The van der Waals surface area contributed by atoms with Gasteiger partial charge in [-0.25, -0.2) is 4.79 Å². The van der Waals surface area contributed by atoms with Gasteiger partial charge < -0.3 is 14.5 Å². The normalized spacial score (nSPS) is 11.9. The van der Waals surface area contributed by atoms with E-state index in [0.29, 0.717) is 17.3 Å². The number of anilines is 1. The molecule has 26 heavy (non-hydrogen) atoms. The fraction of sp³-hybridized carbons (Fsp3) is 0.238. The van der Waals surface area contributed by atoms with Crippen LogP contribution in [0.25, 0.3) is 11.0 Å². The fourth-order valence-corrected chi connectivity index (χ4v) is 2.61. The van der Waals surface area contributed by atoms with Crippen molar-refractivity contribution in [1.82, 2.24) is 0 Å². The zero-order chi connectivity index (χ0) is 18.5. The first kappa shape index (κ1) is 17.7. The van der Waals surface area contributed by atoms with Crippen LogP contribution in [0.1, 0.15) is 31.7 Å². The Morgan fingerprint density at radius 2 is 1.85 bits per heavy atom. The van der Waals surface area contributed by atoms with E-state index in [1.165, 1.54) is 11.6 Å². The van der Waals surface area contributed by atoms with Gasteiger partial charge in [-0.2, -0.15) is 0 Å². The Labute approximate surface area is 151 Å².